The molecule has 0 saturated carbocycles. The molecule has 0 unspecified atom stereocenters. The van der Waals surface area contributed by atoms with Gasteiger partial charge in [0.1, 0.15) is 0 Å². The number of rotatable bonds is 3. The maximum Gasteiger partial charge on any atom is 0.223 e. The zero-order valence-corrected chi connectivity index (χ0v) is 11.4. The van der Waals surface area contributed by atoms with Gasteiger partial charge in [0.25, 0.3) is 0 Å². The predicted octanol–water partition coefficient (Wildman–Crippen LogP) is 3.50. The molecule has 0 radical (unpaired) electrons. The molecule has 0 amide bonds. The summed E-state index contributed by atoms with van der Waals surface area (Å²) in [7, 11) is 0. The van der Waals surface area contributed by atoms with Crippen LogP contribution in [0.15, 0.2) is 24.3 Å². The molecule has 1 N–H and O–H groups in total. The van der Waals surface area contributed by atoms with Crippen molar-refractivity contribution in [3.05, 3.63) is 41.1 Å². The Kier molecular flexibility index (Phi) is 3.60. The zero-order chi connectivity index (χ0) is 13.1. The average Bonchev–Trinajstić information content (AvgIpc) is 2.32. The Balaban J connectivity index is 2.52. The number of hydrogen-bond acceptors (Lipinski definition) is 3. The summed E-state index contributed by atoms with van der Waals surface area (Å²) in [5, 5.41) is 3.17. The third-order valence-electron chi connectivity index (χ3n) is 2.86. The fourth-order valence-corrected chi connectivity index (χ4v) is 1.96. The summed E-state index contributed by atoms with van der Waals surface area (Å²) in [4.78, 5) is 8.95. The van der Waals surface area contributed by atoms with Crippen LogP contribution in [0.5, 0.6) is 0 Å². The monoisotopic (exact) mass is 241 g/mol. The predicted molar refractivity (Wildman–Crippen MR) is 75.8 cm³/mol. The summed E-state index contributed by atoms with van der Waals surface area (Å²) < 4.78 is 0. The van der Waals surface area contributed by atoms with E-state index >= 15 is 0 Å². The molecule has 0 fully saturated rings. The van der Waals surface area contributed by atoms with Gasteiger partial charge in [-0.25, -0.2) is 9.97 Å². The van der Waals surface area contributed by atoms with Crippen molar-refractivity contribution in [3.63, 3.8) is 0 Å². The molecule has 3 heteroatoms. The summed E-state index contributed by atoms with van der Waals surface area (Å²) in [6.45, 7) is 9.08. The summed E-state index contributed by atoms with van der Waals surface area (Å²) in [6, 6.07) is 8.46. The molecule has 94 valence electrons. The van der Waals surface area contributed by atoms with Crippen molar-refractivity contribution in [1.29, 1.82) is 0 Å². The van der Waals surface area contributed by atoms with Crippen LogP contribution in [0.3, 0.4) is 0 Å². The van der Waals surface area contributed by atoms with Gasteiger partial charge in [-0.05, 0) is 45.4 Å². The fourth-order valence-electron chi connectivity index (χ4n) is 1.96. The summed E-state index contributed by atoms with van der Waals surface area (Å²) in [5.74, 6) is 0.702. The van der Waals surface area contributed by atoms with Crippen molar-refractivity contribution < 1.29 is 0 Å². The van der Waals surface area contributed by atoms with E-state index in [4.69, 9.17) is 0 Å². The molecule has 2 rings (SSSR count). The smallest absolute Gasteiger partial charge is 0.223 e. The van der Waals surface area contributed by atoms with Gasteiger partial charge in [-0.15, -0.1) is 0 Å². The maximum atomic E-state index is 4.57. The highest BCUT2D eigenvalue weighted by Crippen LogP contribution is 2.24. The van der Waals surface area contributed by atoms with Gasteiger partial charge >= 0.3 is 0 Å². The number of nitrogens with zero attached hydrogens (tertiary/aromatic N) is 2. The number of benzene rings is 1. The second-order valence-electron chi connectivity index (χ2n) is 4.57. The Bertz CT molecular complexity index is 562. The van der Waals surface area contributed by atoms with E-state index < -0.39 is 0 Å². The molecule has 0 aliphatic heterocycles. The van der Waals surface area contributed by atoms with Crippen LogP contribution in [0.25, 0.3) is 11.3 Å². The highest BCUT2D eigenvalue weighted by atomic mass is 15.1. The number of anilines is 1. The normalized spacial score (nSPS) is 10.4. The molecule has 0 atom stereocenters. The third kappa shape index (κ3) is 2.67. The minimum atomic E-state index is 0.702. The largest absolute Gasteiger partial charge is 0.354 e. The van der Waals surface area contributed by atoms with Gasteiger partial charge < -0.3 is 5.32 Å². The quantitative estimate of drug-likeness (QED) is 0.893. The van der Waals surface area contributed by atoms with Crippen molar-refractivity contribution >= 4 is 5.95 Å². The number of aromatic nitrogens is 2. The molecule has 0 bridgehead atoms. The topological polar surface area (TPSA) is 37.8 Å². The molecule has 1 aromatic heterocycles. The first-order chi connectivity index (χ1) is 8.60. The molecule has 0 aliphatic carbocycles. The van der Waals surface area contributed by atoms with Crippen molar-refractivity contribution in [2.45, 2.75) is 27.7 Å². The van der Waals surface area contributed by atoms with E-state index in [1.54, 1.807) is 0 Å². The summed E-state index contributed by atoms with van der Waals surface area (Å²) in [5.41, 5.74) is 5.63. The van der Waals surface area contributed by atoms with Crippen LogP contribution in [0.4, 0.5) is 5.95 Å². The lowest BCUT2D eigenvalue weighted by molar-refractivity contribution is 1.05. The average molecular weight is 241 g/mol. The van der Waals surface area contributed by atoms with Crippen LogP contribution >= 0.6 is 0 Å². The lowest BCUT2D eigenvalue weighted by atomic mass is 10.0. The first-order valence-electron chi connectivity index (χ1n) is 6.27. The van der Waals surface area contributed by atoms with Gasteiger partial charge in [0.2, 0.25) is 5.95 Å². The second kappa shape index (κ2) is 5.17. The van der Waals surface area contributed by atoms with Crippen LogP contribution in [-0.4, -0.2) is 16.5 Å². The van der Waals surface area contributed by atoms with Gasteiger partial charge in [0.15, 0.2) is 0 Å². The van der Waals surface area contributed by atoms with Crippen LogP contribution in [0, 0.1) is 20.8 Å². The minimum absolute atomic E-state index is 0.702. The Morgan fingerprint density at radius 2 is 1.83 bits per heavy atom. The lowest BCUT2D eigenvalue weighted by Gasteiger charge is -2.09. The van der Waals surface area contributed by atoms with E-state index in [1.807, 2.05) is 19.9 Å². The van der Waals surface area contributed by atoms with Gasteiger partial charge in [-0.1, -0.05) is 17.7 Å². The minimum Gasteiger partial charge on any atom is -0.354 e. The molecule has 0 saturated heterocycles. The van der Waals surface area contributed by atoms with Crippen LogP contribution in [0.1, 0.15) is 23.7 Å². The Labute approximate surface area is 108 Å². The van der Waals surface area contributed by atoms with E-state index in [9.17, 15) is 0 Å². The second-order valence-corrected chi connectivity index (χ2v) is 4.57. The van der Waals surface area contributed by atoms with Crippen LogP contribution in [0.2, 0.25) is 0 Å². The molecular formula is C15H19N3. The summed E-state index contributed by atoms with van der Waals surface area (Å²) >= 11 is 0. The van der Waals surface area contributed by atoms with Crippen molar-refractivity contribution in [3.8, 4) is 11.3 Å². The van der Waals surface area contributed by atoms with Gasteiger partial charge in [-0.3, -0.25) is 0 Å². The number of aryl methyl sites for hydroxylation is 3. The zero-order valence-electron chi connectivity index (χ0n) is 11.4. The Morgan fingerprint density at radius 3 is 2.56 bits per heavy atom. The highest BCUT2D eigenvalue weighted by molar-refractivity contribution is 5.65. The molecule has 0 spiro atoms. The van der Waals surface area contributed by atoms with Gasteiger partial charge in [-0.2, -0.15) is 0 Å². The van der Waals surface area contributed by atoms with Crippen LogP contribution < -0.4 is 5.32 Å². The fraction of sp³-hybridized carbons (Fsp3) is 0.333. The Hall–Kier alpha value is -1.90. The van der Waals surface area contributed by atoms with E-state index in [1.165, 1.54) is 16.7 Å². The summed E-state index contributed by atoms with van der Waals surface area (Å²) in [6.07, 6.45) is 0. The van der Waals surface area contributed by atoms with E-state index in [0.717, 1.165) is 17.9 Å². The van der Waals surface area contributed by atoms with Crippen molar-refractivity contribution in [2.24, 2.45) is 0 Å². The van der Waals surface area contributed by atoms with E-state index in [0.29, 0.717) is 5.95 Å². The third-order valence-corrected chi connectivity index (χ3v) is 2.86. The molecule has 1 aromatic carbocycles. The number of hydrogen-bond donors (Lipinski definition) is 1. The standard InChI is InChI=1S/C15H19N3/c1-5-16-15-17-12(4)9-14(18-15)13-8-10(2)6-7-11(13)3/h6-9H,5H2,1-4H3,(H,16,17,18). The first-order valence-corrected chi connectivity index (χ1v) is 6.27. The molecule has 3 nitrogen and oxygen atoms in total. The van der Waals surface area contributed by atoms with Crippen molar-refractivity contribution in [2.75, 3.05) is 11.9 Å². The van der Waals surface area contributed by atoms with Gasteiger partial charge in [0.05, 0.1) is 5.69 Å². The number of nitrogens with one attached hydrogen (secondary N) is 1. The maximum absolute atomic E-state index is 4.57. The highest BCUT2D eigenvalue weighted by Gasteiger charge is 2.07. The molecule has 1 heterocycles. The van der Waals surface area contributed by atoms with Gasteiger partial charge in [0, 0.05) is 17.8 Å². The first kappa shape index (κ1) is 12.6. The van der Waals surface area contributed by atoms with Crippen molar-refractivity contribution in [1.82, 2.24) is 9.97 Å². The van der Waals surface area contributed by atoms with E-state index in [2.05, 4.69) is 47.3 Å². The molecular weight excluding hydrogens is 222 g/mol. The Morgan fingerprint density at radius 1 is 1.06 bits per heavy atom. The van der Waals surface area contributed by atoms with E-state index in [-0.39, 0.29) is 0 Å². The molecule has 2 aromatic rings. The van der Waals surface area contributed by atoms with Crippen LogP contribution in [-0.2, 0) is 0 Å². The lowest BCUT2D eigenvalue weighted by Crippen LogP contribution is -2.04. The molecule has 18 heavy (non-hydrogen) atoms. The molecule has 0 aliphatic rings. The SMILES string of the molecule is CCNc1nc(C)cc(-c2cc(C)ccc2C)n1.